The highest BCUT2D eigenvalue weighted by molar-refractivity contribution is 7.16. The van der Waals surface area contributed by atoms with Crippen molar-refractivity contribution in [2.75, 3.05) is 10.6 Å². The van der Waals surface area contributed by atoms with Gasteiger partial charge in [-0.25, -0.2) is 9.97 Å². The van der Waals surface area contributed by atoms with E-state index in [1.807, 2.05) is 27.7 Å². The first-order valence-electron chi connectivity index (χ1n) is 7.80. The summed E-state index contributed by atoms with van der Waals surface area (Å²) in [4.78, 5) is 39.2. The molecule has 0 fully saturated rings. The summed E-state index contributed by atoms with van der Waals surface area (Å²) in [6.45, 7) is 7.67. The third kappa shape index (κ3) is 3.94. The van der Waals surface area contributed by atoms with E-state index in [1.165, 1.54) is 34.9 Å². The monoisotopic (exact) mass is 387 g/mol. The van der Waals surface area contributed by atoms with E-state index in [0.717, 1.165) is 21.1 Å². The molecule has 0 saturated heterocycles. The van der Waals surface area contributed by atoms with Crippen molar-refractivity contribution in [1.29, 1.82) is 0 Å². The Kier molecular flexibility index (Phi) is 5.10. The molecule has 0 bridgehead atoms. The summed E-state index contributed by atoms with van der Waals surface area (Å²) in [6, 6.07) is 3.07. The van der Waals surface area contributed by atoms with Crippen LogP contribution in [0.25, 0.3) is 0 Å². The lowest BCUT2D eigenvalue weighted by Crippen LogP contribution is -2.16. The minimum Gasteiger partial charge on any atom is -0.298 e. The summed E-state index contributed by atoms with van der Waals surface area (Å²) >= 11 is 2.83. The van der Waals surface area contributed by atoms with Crippen LogP contribution in [0.2, 0.25) is 0 Å². The molecule has 0 aliphatic rings. The first kappa shape index (κ1) is 18.2. The lowest BCUT2D eigenvalue weighted by atomic mass is 10.2. The molecule has 9 heteroatoms. The van der Waals surface area contributed by atoms with Crippen LogP contribution in [0.3, 0.4) is 0 Å². The van der Waals surface area contributed by atoms with Crippen LogP contribution in [-0.4, -0.2) is 26.8 Å². The Bertz CT molecular complexity index is 857. The molecule has 0 radical (unpaired) electrons. The van der Waals surface area contributed by atoms with Gasteiger partial charge in [-0.05, 0) is 39.8 Å². The average Bonchev–Trinajstić information content (AvgIpc) is 3.08. The smallest absolute Gasteiger partial charge is 0.276 e. The number of hydrogen-bond acceptors (Lipinski definition) is 7. The van der Waals surface area contributed by atoms with Crippen LogP contribution in [0, 0.1) is 27.7 Å². The highest BCUT2D eigenvalue weighted by Crippen LogP contribution is 2.22. The number of aromatic nitrogens is 3. The third-order valence-corrected chi connectivity index (χ3v) is 5.73. The normalized spacial score (nSPS) is 10.6. The number of carbonyl (C=O) groups excluding carboxylic acids is 2. The zero-order valence-corrected chi connectivity index (χ0v) is 16.3. The van der Waals surface area contributed by atoms with Gasteiger partial charge in [-0.3, -0.25) is 25.2 Å². The van der Waals surface area contributed by atoms with E-state index in [0.29, 0.717) is 15.8 Å². The van der Waals surface area contributed by atoms with Crippen molar-refractivity contribution in [3.63, 3.8) is 0 Å². The quantitative estimate of drug-likeness (QED) is 0.711. The van der Waals surface area contributed by atoms with Gasteiger partial charge in [0.2, 0.25) is 0 Å². The van der Waals surface area contributed by atoms with Crippen molar-refractivity contribution in [1.82, 2.24) is 15.0 Å². The molecular formula is C17H17N5O2S2. The fourth-order valence-corrected chi connectivity index (χ4v) is 3.66. The first-order valence-corrected chi connectivity index (χ1v) is 9.43. The summed E-state index contributed by atoms with van der Waals surface area (Å²) in [5.41, 5.74) is 2.35. The number of nitrogens with one attached hydrogen (secondary N) is 2. The molecule has 3 aromatic heterocycles. The molecule has 3 heterocycles. The summed E-state index contributed by atoms with van der Waals surface area (Å²) < 4.78 is 0. The van der Waals surface area contributed by atoms with Gasteiger partial charge in [-0.15, -0.1) is 22.7 Å². The maximum Gasteiger partial charge on any atom is 0.276 e. The van der Waals surface area contributed by atoms with Crippen molar-refractivity contribution in [2.24, 2.45) is 0 Å². The molecule has 0 aliphatic heterocycles. The summed E-state index contributed by atoms with van der Waals surface area (Å²) in [5, 5.41) is 6.52. The highest BCUT2D eigenvalue weighted by atomic mass is 32.1. The number of pyridine rings is 1. The lowest BCUT2D eigenvalue weighted by molar-refractivity contribution is 0.101. The van der Waals surface area contributed by atoms with Crippen LogP contribution in [-0.2, 0) is 0 Å². The lowest BCUT2D eigenvalue weighted by Gasteiger charge is -2.03. The zero-order valence-electron chi connectivity index (χ0n) is 14.7. The number of amides is 2. The van der Waals surface area contributed by atoms with Gasteiger partial charge in [-0.1, -0.05) is 0 Å². The van der Waals surface area contributed by atoms with Crippen molar-refractivity contribution >= 4 is 44.8 Å². The topological polar surface area (TPSA) is 96.9 Å². The molecular weight excluding hydrogens is 370 g/mol. The van der Waals surface area contributed by atoms with Crippen molar-refractivity contribution in [2.45, 2.75) is 27.7 Å². The zero-order chi connectivity index (χ0) is 18.8. The van der Waals surface area contributed by atoms with Crippen LogP contribution in [0.5, 0.6) is 0 Å². The van der Waals surface area contributed by atoms with E-state index < -0.39 is 0 Å². The molecule has 0 aromatic carbocycles. The average molecular weight is 387 g/mol. The first-order chi connectivity index (χ1) is 12.3. The molecule has 3 rings (SSSR count). The largest absolute Gasteiger partial charge is 0.298 e. The number of thiazole rings is 2. The van der Waals surface area contributed by atoms with Gasteiger partial charge in [0.15, 0.2) is 10.3 Å². The molecule has 2 N–H and O–H groups in total. The third-order valence-electron chi connectivity index (χ3n) is 3.76. The van der Waals surface area contributed by atoms with E-state index in [-0.39, 0.29) is 17.5 Å². The maximum absolute atomic E-state index is 12.3. The van der Waals surface area contributed by atoms with Crippen molar-refractivity contribution in [3.05, 3.63) is 50.7 Å². The number of rotatable bonds is 4. The van der Waals surface area contributed by atoms with Crippen LogP contribution in [0.15, 0.2) is 18.3 Å². The van der Waals surface area contributed by atoms with E-state index >= 15 is 0 Å². The van der Waals surface area contributed by atoms with Gasteiger partial charge in [0.25, 0.3) is 11.8 Å². The van der Waals surface area contributed by atoms with Gasteiger partial charge in [0.1, 0.15) is 5.69 Å². The second-order valence-electron chi connectivity index (χ2n) is 5.66. The van der Waals surface area contributed by atoms with E-state index in [9.17, 15) is 9.59 Å². The fraction of sp³-hybridized carbons (Fsp3) is 0.235. The molecule has 0 aliphatic carbocycles. The Hall–Kier alpha value is -2.65. The minimum atomic E-state index is -0.364. The number of carbonyl (C=O) groups is 2. The predicted molar refractivity (Wildman–Crippen MR) is 103 cm³/mol. The Morgan fingerprint density at radius 3 is 1.81 bits per heavy atom. The SMILES string of the molecule is Cc1nc(NC(=O)c2ccc(C(=O)Nc3nc(C)c(C)s3)nc2)sc1C. The van der Waals surface area contributed by atoms with Crippen LogP contribution >= 0.6 is 22.7 Å². The number of aryl methyl sites for hydroxylation is 4. The Balaban J connectivity index is 1.67. The Morgan fingerprint density at radius 2 is 1.38 bits per heavy atom. The van der Waals surface area contributed by atoms with Gasteiger partial charge in [-0.2, -0.15) is 0 Å². The van der Waals surface area contributed by atoms with Gasteiger partial charge in [0, 0.05) is 16.0 Å². The second kappa shape index (κ2) is 7.30. The molecule has 134 valence electrons. The molecule has 26 heavy (non-hydrogen) atoms. The van der Waals surface area contributed by atoms with Crippen LogP contribution < -0.4 is 10.6 Å². The molecule has 0 atom stereocenters. The Labute approximate surface area is 158 Å². The molecule has 7 nitrogen and oxygen atoms in total. The summed E-state index contributed by atoms with van der Waals surface area (Å²) in [5.74, 6) is -0.679. The molecule has 0 saturated carbocycles. The van der Waals surface area contributed by atoms with Crippen molar-refractivity contribution < 1.29 is 9.59 Å². The van der Waals surface area contributed by atoms with E-state index in [4.69, 9.17) is 0 Å². The Morgan fingerprint density at radius 1 is 0.846 bits per heavy atom. The number of nitrogens with zero attached hydrogens (tertiary/aromatic N) is 3. The molecule has 2 amide bonds. The van der Waals surface area contributed by atoms with E-state index in [1.54, 1.807) is 6.07 Å². The highest BCUT2D eigenvalue weighted by Gasteiger charge is 2.14. The van der Waals surface area contributed by atoms with E-state index in [2.05, 4.69) is 25.6 Å². The second-order valence-corrected chi connectivity index (χ2v) is 8.07. The van der Waals surface area contributed by atoms with Crippen LogP contribution in [0.1, 0.15) is 42.0 Å². The molecule has 0 spiro atoms. The van der Waals surface area contributed by atoms with Gasteiger partial charge < -0.3 is 0 Å². The van der Waals surface area contributed by atoms with Crippen LogP contribution in [0.4, 0.5) is 10.3 Å². The number of hydrogen-bond donors (Lipinski definition) is 2. The fourth-order valence-electron chi connectivity index (χ4n) is 2.05. The standard InChI is InChI=1S/C17H17N5O2S2/c1-8-10(3)25-16(19-8)21-14(23)12-5-6-13(18-7-12)15(24)22-17-20-9(2)11(4)26-17/h5-7H,1-4H3,(H,19,21,23)(H,20,22,24). The van der Waals surface area contributed by atoms with Crippen molar-refractivity contribution in [3.8, 4) is 0 Å². The van der Waals surface area contributed by atoms with Gasteiger partial charge in [0.05, 0.1) is 17.0 Å². The molecule has 0 unspecified atom stereocenters. The maximum atomic E-state index is 12.3. The summed E-state index contributed by atoms with van der Waals surface area (Å²) in [7, 11) is 0. The minimum absolute atomic E-state index is 0.216. The molecule has 3 aromatic rings. The summed E-state index contributed by atoms with van der Waals surface area (Å²) in [6.07, 6.45) is 1.37. The predicted octanol–water partition coefficient (Wildman–Crippen LogP) is 3.73. The number of anilines is 2. The van der Waals surface area contributed by atoms with Gasteiger partial charge >= 0.3 is 0 Å².